The highest BCUT2D eigenvalue weighted by molar-refractivity contribution is 6.02. The standard InChI is InChI=1S/C20H22N4O2/c1-22-12-19-24-18(13-26-19)20(25)23-17-10-6-15(7-11-17)3-2-14-4-8-16(21)9-5-14/h4-11,13,22H,2-3,12,21H2,1H3,(H,23,25). The second kappa shape index (κ2) is 8.31. The predicted molar refractivity (Wildman–Crippen MR) is 102 cm³/mol. The van der Waals surface area contributed by atoms with Gasteiger partial charge >= 0.3 is 0 Å². The number of nitrogen functional groups attached to an aromatic ring is 1. The quantitative estimate of drug-likeness (QED) is 0.570. The van der Waals surface area contributed by atoms with Crippen LogP contribution < -0.4 is 16.4 Å². The van der Waals surface area contributed by atoms with Gasteiger partial charge < -0.3 is 20.8 Å². The van der Waals surface area contributed by atoms with Gasteiger partial charge in [0, 0.05) is 11.4 Å². The summed E-state index contributed by atoms with van der Waals surface area (Å²) in [5, 5.41) is 5.75. The number of nitrogens with zero attached hydrogens (tertiary/aromatic N) is 1. The highest BCUT2D eigenvalue weighted by Crippen LogP contribution is 2.14. The molecule has 0 fully saturated rings. The molecule has 0 aliphatic rings. The van der Waals surface area contributed by atoms with E-state index in [1.54, 1.807) is 7.05 Å². The molecule has 6 heteroatoms. The molecule has 0 aliphatic carbocycles. The third-order valence-electron chi connectivity index (χ3n) is 4.01. The SMILES string of the molecule is CNCc1nc(C(=O)Nc2ccc(CCc3ccc(N)cc3)cc2)co1. The zero-order chi connectivity index (χ0) is 18.4. The minimum absolute atomic E-state index is 0.266. The molecule has 0 aliphatic heterocycles. The van der Waals surface area contributed by atoms with E-state index in [0.717, 1.165) is 24.2 Å². The number of amides is 1. The van der Waals surface area contributed by atoms with Crippen molar-refractivity contribution < 1.29 is 9.21 Å². The molecule has 0 unspecified atom stereocenters. The van der Waals surface area contributed by atoms with Crippen molar-refractivity contribution in [3.05, 3.63) is 77.5 Å². The van der Waals surface area contributed by atoms with Crippen molar-refractivity contribution in [3.63, 3.8) is 0 Å². The molecule has 0 bridgehead atoms. The van der Waals surface area contributed by atoms with Gasteiger partial charge in [0.05, 0.1) is 6.54 Å². The number of benzene rings is 2. The number of aromatic nitrogens is 1. The average molecular weight is 350 g/mol. The smallest absolute Gasteiger partial charge is 0.277 e. The first-order valence-electron chi connectivity index (χ1n) is 8.48. The number of nitrogens with two attached hydrogens (primary N) is 1. The van der Waals surface area contributed by atoms with E-state index >= 15 is 0 Å². The van der Waals surface area contributed by atoms with E-state index in [9.17, 15) is 4.79 Å². The Morgan fingerprint density at radius 2 is 1.65 bits per heavy atom. The summed E-state index contributed by atoms with van der Waals surface area (Å²) in [6.45, 7) is 0.482. The minimum atomic E-state index is -0.286. The number of hydrogen-bond acceptors (Lipinski definition) is 5. The van der Waals surface area contributed by atoms with Crippen LogP contribution in [0.3, 0.4) is 0 Å². The van der Waals surface area contributed by atoms with Crippen molar-refractivity contribution in [2.24, 2.45) is 0 Å². The fourth-order valence-corrected chi connectivity index (χ4v) is 2.57. The normalized spacial score (nSPS) is 10.7. The highest BCUT2D eigenvalue weighted by Gasteiger charge is 2.12. The van der Waals surface area contributed by atoms with Gasteiger partial charge in [0.25, 0.3) is 5.91 Å². The van der Waals surface area contributed by atoms with Crippen molar-refractivity contribution >= 4 is 17.3 Å². The van der Waals surface area contributed by atoms with E-state index in [2.05, 4.69) is 15.6 Å². The largest absolute Gasteiger partial charge is 0.447 e. The zero-order valence-electron chi connectivity index (χ0n) is 14.7. The molecule has 1 amide bonds. The zero-order valence-corrected chi connectivity index (χ0v) is 14.7. The Hall–Kier alpha value is -3.12. The third-order valence-corrected chi connectivity index (χ3v) is 4.01. The van der Waals surface area contributed by atoms with E-state index in [4.69, 9.17) is 10.2 Å². The van der Waals surface area contributed by atoms with Gasteiger partial charge in [-0.05, 0) is 55.3 Å². The number of rotatable bonds is 7. The average Bonchev–Trinajstić information content (AvgIpc) is 3.12. The van der Waals surface area contributed by atoms with Crippen LogP contribution >= 0.6 is 0 Å². The Labute approximate surface area is 152 Å². The van der Waals surface area contributed by atoms with Gasteiger partial charge in [0.2, 0.25) is 5.89 Å². The number of hydrogen-bond donors (Lipinski definition) is 3. The number of anilines is 2. The molecule has 2 aromatic carbocycles. The van der Waals surface area contributed by atoms with E-state index in [-0.39, 0.29) is 11.6 Å². The first-order chi connectivity index (χ1) is 12.6. The van der Waals surface area contributed by atoms with E-state index < -0.39 is 0 Å². The third kappa shape index (κ3) is 4.70. The summed E-state index contributed by atoms with van der Waals surface area (Å²) in [7, 11) is 1.79. The van der Waals surface area contributed by atoms with Crippen LogP contribution in [-0.4, -0.2) is 17.9 Å². The Kier molecular flexibility index (Phi) is 5.66. The number of nitrogens with one attached hydrogen (secondary N) is 2. The number of aryl methyl sites for hydroxylation is 2. The van der Waals surface area contributed by atoms with Crippen molar-refractivity contribution in [1.82, 2.24) is 10.3 Å². The molecule has 134 valence electrons. The summed E-state index contributed by atoms with van der Waals surface area (Å²) < 4.78 is 5.22. The summed E-state index contributed by atoms with van der Waals surface area (Å²) in [6, 6.07) is 15.7. The van der Waals surface area contributed by atoms with Crippen LogP contribution in [0, 0.1) is 0 Å². The summed E-state index contributed by atoms with van der Waals surface area (Å²) in [5.41, 5.74) is 9.93. The predicted octanol–water partition coefficient (Wildman–Crippen LogP) is 3.01. The van der Waals surface area contributed by atoms with Gasteiger partial charge in [-0.2, -0.15) is 0 Å². The Morgan fingerprint density at radius 3 is 2.27 bits per heavy atom. The van der Waals surface area contributed by atoms with Gasteiger partial charge in [-0.15, -0.1) is 0 Å². The summed E-state index contributed by atoms with van der Waals surface area (Å²) in [6.07, 6.45) is 3.23. The molecule has 3 rings (SSSR count). The van der Waals surface area contributed by atoms with Gasteiger partial charge in [-0.25, -0.2) is 4.98 Å². The molecule has 0 saturated heterocycles. The van der Waals surface area contributed by atoms with Crippen molar-refractivity contribution in [1.29, 1.82) is 0 Å². The lowest BCUT2D eigenvalue weighted by Gasteiger charge is -2.06. The highest BCUT2D eigenvalue weighted by atomic mass is 16.3. The molecule has 3 aromatic rings. The maximum atomic E-state index is 12.2. The molecule has 0 radical (unpaired) electrons. The first-order valence-corrected chi connectivity index (χ1v) is 8.48. The van der Waals surface area contributed by atoms with Crippen LogP contribution in [0.1, 0.15) is 27.5 Å². The molecular weight excluding hydrogens is 328 g/mol. The minimum Gasteiger partial charge on any atom is -0.447 e. The molecule has 4 N–H and O–H groups in total. The van der Waals surface area contributed by atoms with Crippen LogP contribution in [0.4, 0.5) is 11.4 Å². The second-order valence-corrected chi connectivity index (χ2v) is 6.05. The summed E-state index contributed by atoms with van der Waals surface area (Å²) in [4.78, 5) is 16.3. The Balaban J connectivity index is 1.54. The topological polar surface area (TPSA) is 93.2 Å². The maximum absolute atomic E-state index is 12.2. The van der Waals surface area contributed by atoms with Crippen LogP contribution in [0.2, 0.25) is 0 Å². The van der Waals surface area contributed by atoms with Crippen molar-refractivity contribution in [3.8, 4) is 0 Å². The molecular formula is C20H22N4O2. The molecule has 0 spiro atoms. The Morgan fingerprint density at radius 1 is 1.04 bits per heavy atom. The van der Waals surface area contributed by atoms with Gasteiger partial charge in [-0.3, -0.25) is 4.79 Å². The monoisotopic (exact) mass is 350 g/mol. The van der Waals surface area contributed by atoms with Crippen LogP contribution in [0.25, 0.3) is 0 Å². The lowest BCUT2D eigenvalue weighted by molar-refractivity contribution is 0.102. The molecule has 0 atom stereocenters. The molecule has 1 aromatic heterocycles. The lowest BCUT2D eigenvalue weighted by Crippen LogP contribution is -2.13. The Bertz CT molecular complexity index is 854. The molecule has 6 nitrogen and oxygen atoms in total. The fraction of sp³-hybridized carbons (Fsp3) is 0.200. The molecule has 26 heavy (non-hydrogen) atoms. The van der Waals surface area contributed by atoms with Gasteiger partial charge in [0.1, 0.15) is 6.26 Å². The molecule has 1 heterocycles. The van der Waals surface area contributed by atoms with Crippen molar-refractivity contribution in [2.75, 3.05) is 18.1 Å². The van der Waals surface area contributed by atoms with Crippen LogP contribution in [0.5, 0.6) is 0 Å². The van der Waals surface area contributed by atoms with E-state index in [1.165, 1.54) is 17.4 Å². The van der Waals surface area contributed by atoms with Crippen LogP contribution in [-0.2, 0) is 19.4 Å². The van der Waals surface area contributed by atoms with Gasteiger partial charge in [0.15, 0.2) is 5.69 Å². The fourth-order valence-electron chi connectivity index (χ4n) is 2.57. The van der Waals surface area contributed by atoms with E-state index in [0.29, 0.717) is 12.4 Å². The number of carbonyl (C=O) groups excluding carboxylic acids is 1. The molecule has 0 saturated carbocycles. The maximum Gasteiger partial charge on any atom is 0.277 e. The van der Waals surface area contributed by atoms with E-state index in [1.807, 2.05) is 48.5 Å². The summed E-state index contributed by atoms with van der Waals surface area (Å²) >= 11 is 0. The van der Waals surface area contributed by atoms with Crippen LogP contribution in [0.15, 0.2) is 59.2 Å². The number of carbonyl (C=O) groups is 1. The lowest BCUT2D eigenvalue weighted by atomic mass is 10.0. The summed E-state index contributed by atoms with van der Waals surface area (Å²) in [5.74, 6) is 0.196. The second-order valence-electron chi connectivity index (χ2n) is 6.05. The number of oxazole rings is 1. The van der Waals surface area contributed by atoms with Crippen molar-refractivity contribution in [2.45, 2.75) is 19.4 Å². The first kappa shape index (κ1) is 17.7. The van der Waals surface area contributed by atoms with Gasteiger partial charge in [-0.1, -0.05) is 24.3 Å².